The van der Waals surface area contributed by atoms with Crippen LogP contribution in [0.1, 0.15) is 27.7 Å². The molecular weight excluding hydrogens is 322 g/mol. The van der Waals surface area contributed by atoms with Crippen molar-refractivity contribution in [2.75, 3.05) is 12.3 Å². The number of hydrogen-bond donors (Lipinski definition) is 1. The standard InChI is InChI=1S/C17H25N5OS/c1-12(2)9-19-15(23)11-24-17-21-20-16(22(17)10-13(3)4)14-5-7-18-8-6-14/h5-8,12-13H,9-11H2,1-4H3,(H,19,23). The fraction of sp³-hybridized carbons (Fsp3) is 0.529. The lowest BCUT2D eigenvalue weighted by Gasteiger charge is -2.12. The molecule has 1 N–H and O–H groups in total. The van der Waals surface area contributed by atoms with Crippen LogP contribution in [0.2, 0.25) is 0 Å². The molecule has 0 radical (unpaired) electrons. The van der Waals surface area contributed by atoms with E-state index in [0.717, 1.165) is 23.1 Å². The van der Waals surface area contributed by atoms with Gasteiger partial charge in [0.15, 0.2) is 11.0 Å². The van der Waals surface area contributed by atoms with E-state index in [4.69, 9.17) is 0 Å². The van der Waals surface area contributed by atoms with E-state index in [1.807, 2.05) is 12.1 Å². The van der Waals surface area contributed by atoms with E-state index in [1.54, 1.807) is 12.4 Å². The molecule has 0 saturated carbocycles. The number of hydrogen-bond acceptors (Lipinski definition) is 5. The highest BCUT2D eigenvalue weighted by atomic mass is 32.2. The van der Waals surface area contributed by atoms with Gasteiger partial charge in [-0.2, -0.15) is 0 Å². The molecule has 6 nitrogen and oxygen atoms in total. The minimum atomic E-state index is 0.0262. The van der Waals surface area contributed by atoms with Crippen LogP contribution in [0.25, 0.3) is 11.4 Å². The number of nitrogens with zero attached hydrogens (tertiary/aromatic N) is 4. The summed E-state index contributed by atoms with van der Waals surface area (Å²) >= 11 is 1.43. The zero-order valence-electron chi connectivity index (χ0n) is 14.7. The lowest BCUT2D eigenvalue weighted by atomic mass is 10.2. The number of carbonyl (C=O) groups excluding carboxylic acids is 1. The molecule has 0 unspecified atom stereocenters. The molecule has 2 aromatic heterocycles. The maximum atomic E-state index is 11.9. The summed E-state index contributed by atoms with van der Waals surface area (Å²) in [6.45, 7) is 9.96. The van der Waals surface area contributed by atoms with Gasteiger partial charge < -0.3 is 9.88 Å². The first-order valence-electron chi connectivity index (χ1n) is 8.20. The van der Waals surface area contributed by atoms with Gasteiger partial charge in [-0.3, -0.25) is 9.78 Å². The monoisotopic (exact) mass is 347 g/mol. The second kappa shape index (κ2) is 8.82. The smallest absolute Gasteiger partial charge is 0.230 e. The minimum Gasteiger partial charge on any atom is -0.355 e. The molecule has 0 spiro atoms. The van der Waals surface area contributed by atoms with E-state index in [1.165, 1.54) is 11.8 Å². The molecule has 2 heterocycles. The number of rotatable bonds is 8. The maximum absolute atomic E-state index is 11.9. The van der Waals surface area contributed by atoms with Gasteiger partial charge in [0.1, 0.15) is 0 Å². The van der Waals surface area contributed by atoms with Crippen LogP contribution in [0.15, 0.2) is 29.7 Å². The Hall–Kier alpha value is -1.89. The van der Waals surface area contributed by atoms with Gasteiger partial charge in [-0.05, 0) is 24.0 Å². The molecule has 0 aromatic carbocycles. The summed E-state index contributed by atoms with van der Waals surface area (Å²) in [4.78, 5) is 16.0. The molecule has 0 atom stereocenters. The Morgan fingerprint density at radius 2 is 1.88 bits per heavy atom. The van der Waals surface area contributed by atoms with Crippen molar-refractivity contribution >= 4 is 17.7 Å². The number of aromatic nitrogens is 4. The number of carbonyl (C=O) groups is 1. The Labute approximate surface area is 147 Å². The maximum Gasteiger partial charge on any atom is 0.230 e. The van der Waals surface area contributed by atoms with Crippen LogP contribution in [0, 0.1) is 11.8 Å². The summed E-state index contributed by atoms with van der Waals surface area (Å²) in [5, 5.41) is 12.3. The lowest BCUT2D eigenvalue weighted by Crippen LogP contribution is -2.28. The third-order valence-corrected chi connectivity index (χ3v) is 4.21. The Bertz CT molecular complexity index is 654. The molecule has 0 fully saturated rings. The van der Waals surface area contributed by atoms with Gasteiger partial charge in [0, 0.05) is 31.0 Å². The van der Waals surface area contributed by atoms with Crippen LogP contribution in [0.4, 0.5) is 0 Å². The van der Waals surface area contributed by atoms with Gasteiger partial charge in [0.25, 0.3) is 0 Å². The molecule has 0 bridgehead atoms. The van der Waals surface area contributed by atoms with Crippen molar-refractivity contribution in [3.63, 3.8) is 0 Å². The van der Waals surface area contributed by atoms with Crippen molar-refractivity contribution in [1.29, 1.82) is 0 Å². The number of pyridine rings is 1. The average Bonchev–Trinajstić information content (AvgIpc) is 2.93. The van der Waals surface area contributed by atoms with E-state index in [9.17, 15) is 4.79 Å². The first-order valence-corrected chi connectivity index (χ1v) is 9.19. The molecule has 2 rings (SSSR count). The van der Waals surface area contributed by atoms with Gasteiger partial charge >= 0.3 is 0 Å². The van der Waals surface area contributed by atoms with Crippen LogP contribution in [0.3, 0.4) is 0 Å². The van der Waals surface area contributed by atoms with Gasteiger partial charge in [-0.1, -0.05) is 39.5 Å². The predicted octanol–water partition coefficient (Wildman–Crippen LogP) is 2.86. The number of amides is 1. The van der Waals surface area contributed by atoms with Crippen LogP contribution < -0.4 is 5.32 Å². The van der Waals surface area contributed by atoms with E-state index in [2.05, 4.69) is 52.8 Å². The molecule has 1 amide bonds. The summed E-state index contributed by atoms with van der Waals surface area (Å²) < 4.78 is 2.08. The van der Waals surface area contributed by atoms with Crippen molar-refractivity contribution < 1.29 is 4.79 Å². The van der Waals surface area contributed by atoms with Crippen molar-refractivity contribution in [1.82, 2.24) is 25.1 Å². The summed E-state index contributed by atoms with van der Waals surface area (Å²) in [5.74, 6) is 2.09. The second-order valence-corrected chi connectivity index (χ2v) is 7.48. The van der Waals surface area contributed by atoms with Crippen LogP contribution in [0.5, 0.6) is 0 Å². The molecule has 2 aromatic rings. The molecule has 0 aliphatic heterocycles. The van der Waals surface area contributed by atoms with Crippen molar-refractivity contribution in [2.45, 2.75) is 39.4 Å². The van der Waals surface area contributed by atoms with E-state index in [0.29, 0.717) is 24.1 Å². The van der Waals surface area contributed by atoms with E-state index in [-0.39, 0.29) is 5.91 Å². The third kappa shape index (κ3) is 5.33. The summed E-state index contributed by atoms with van der Waals surface area (Å²) in [5.41, 5.74) is 0.981. The Kier molecular flexibility index (Phi) is 6.78. The van der Waals surface area contributed by atoms with Gasteiger partial charge in [0.2, 0.25) is 5.91 Å². The number of nitrogens with one attached hydrogen (secondary N) is 1. The largest absolute Gasteiger partial charge is 0.355 e. The Balaban J connectivity index is 2.12. The second-order valence-electron chi connectivity index (χ2n) is 6.53. The predicted molar refractivity (Wildman–Crippen MR) is 96.7 cm³/mol. The minimum absolute atomic E-state index is 0.0262. The van der Waals surface area contributed by atoms with Crippen molar-refractivity contribution in [2.24, 2.45) is 11.8 Å². The fourth-order valence-corrected chi connectivity index (χ4v) is 2.92. The average molecular weight is 347 g/mol. The quantitative estimate of drug-likeness (QED) is 0.743. The Morgan fingerprint density at radius 3 is 2.50 bits per heavy atom. The molecule has 0 aliphatic rings. The van der Waals surface area contributed by atoms with Crippen LogP contribution in [-0.2, 0) is 11.3 Å². The SMILES string of the molecule is CC(C)CNC(=O)CSc1nnc(-c2ccncc2)n1CC(C)C. The Morgan fingerprint density at radius 1 is 1.17 bits per heavy atom. The molecule has 7 heteroatoms. The van der Waals surface area contributed by atoms with Crippen molar-refractivity contribution in [3.8, 4) is 11.4 Å². The molecule has 0 aliphatic carbocycles. The van der Waals surface area contributed by atoms with Crippen molar-refractivity contribution in [3.05, 3.63) is 24.5 Å². The highest BCUT2D eigenvalue weighted by Crippen LogP contribution is 2.24. The topological polar surface area (TPSA) is 72.7 Å². The van der Waals surface area contributed by atoms with Gasteiger partial charge in [-0.25, -0.2) is 0 Å². The number of thioether (sulfide) groups is 1. The van der Waals surface area contributed by atoms with Crippen LogP contribution in [-0.4, -0.2) is 38.0 Å². The van der Waals surface area contributed by atoms with Crippen LogP contribution >= 0.6 is 11.8 Å². The highest BCUT2D eigenvalue weighted by Gasteiger charge is 2.16. The molecule has 24 heavy (non-hydrogen) atoms. The first kappa shape index (κ1) is 18.4. The van der Waals surface area contributed by atoms with E-state index >= 15 is 0 Å². The molecule has 130 valence electrons. The zero-order chi connectivity index (χ0) is 17.5. The molecular formula is C17H25N5OS. The normalized spacial score (nSPS) is 11.2. The van der Waals surface area contributed by atoms with E-state index < -0.39 is 0 Å². The molecule has 0 saturated heterocycles. The summed E-state index contributed by atoms with van der Waals surface area (Å²) in [6.07, 6.45) is 3.49. The van der Waals surface area contributed by atoms with Gasteiger partial charge in [0.05, 0.1) is 5.75 Å². The fourth-order valence-electron chi connectivity index (χ4n) is 2.14. The van der Waals surface area contributed by atoms with Gasteiger partial charge in [-0.15, -0.1) is 10.2 Å². The third-order valence-electron chi connectivity index (χ3n) is 3.24. The summed E-state index contributed by atoms with van der Waals surface area (Å²) in [6, 6.07) is 3.84. The summed E-state index contributed by atoms with van der Waals surface area (Å²) in [7, 11) is 0. The lowest BCUT2D eigenvalue weighted by molar-refractivity contribution is -0.118. The highest BCUT2D eigenvalue weighted by molar-refractivity contribution is 7.99. The zero-order valence-corrected chi connectivity index (χ0v) is 15.5. The first-order chi connectivity index (χ1) is 11.5.